The molecule has 3 aromatic heterocycles. The summed E-state index contributed by atoms with van der Waals surface area (Å²) in [7, 11) is 0. The molecular weight excluding hydrogens is 725 g/mol. The minimum absolute atomic E-state index is 0.298. The number of carbonyl (C=O) groups excluding carboxylic acids is 1. The molecule has 2 aliphatic rings. The predicted octanol–water partition coefficient (Wildman–Crippen LogP) is 13.0. The number of esters is 1. The number of carbonyl (C=O) groups is 1. The topological polar surface area (TPSA) is 72.8 Å². The lowest BCUT2D eigenvalue weighted by Crippen LogP contribution is -2.12. The van der Waals surface area contributed by atoms with Crippen molar-refractivity contribution >= 4 is 40.2 Å². The van der Waals surface area contributed by atoms with Crippen LogP contribution in [0.15, 0.2) is 176 Å². The molecule has 5 aromatic carbocycles. The number of nitrogens with zero attached hydrogens (tertiary/aromatic N) is 3. The fraction of sp³-hybridized carbons (Fsp3) is 0.0755. The van der Waals surface area contributed by atoms with Crippen LogP contribution in [0.5, 0.6) is 0 Å². The summed E-state index contributed by atoms with van der Waals surface area (Å²) >= 11 is 0. The number of benzene rings is 5. The molecule has 10 rings (SSSR count). The maximum absolute atomic E-state index is 13.1. The van der Waals surface area contributed by atoms with Gasteiger partial charge >= 0.3 is 5.97 Å². The first-order chi connectivity index (χ1) is 29.0. The third-order valence-electron chi connectivity index (χ3n) is 11.2. The van der Waals surface area contributed by atoms with Crippen molar-refractivity contribution in [1.82, 2.24) is 19.5 Å². The normalized spacial score (nSPS) is 14.6. The van der Waals surface area contributed by atoms with Crippen molar-refractivity contribution in [2.45, 2.75) is 25.9 Å². The zero-order valence-electron chi connectivity index (χ0n) is 32.7. The number of fused-ring (bicyclic) bond motifs is 8. The molecule has 8 aromatic rings. The van der Waals surface area contributed by atoms with E-state index in [1.807, 2.05) is 54.6 Å². The Kier molecular flexibility index (Phi) is 9.15. The lowest BCUT2D eigenvalue weighted by molar-refractivity contribution is -0.147. The number of ether oxygens (including phenoxy) is 1. The highest BCUT2D eigenvalue weighted by molar-refractivity contribution is 5.98. The van der Waals surface area contributed by atoms with Gasteiger partial charge in [-0.3, -0.25) is 9.78 Å². The van der Waals surface area contributed by atoms with Crippen LogP contribution in [0.3, 0.4) is 0 Å². The van der Waals surface area contributed by atoms with Crippen molar-refractivity contribution in [3.63, 3.8) is 0 Å². The molecule has 0 aliphatic carbocycles. The molecule has 59 heavy (non-hydrogen) atoms. The van der Waals surface area contributed by atoms with Crippen LogP contribution in [0.1, 0.15) is 48.6 Å². The van der Waals surface area contributed by atoms with Gasteiger partial charge in [-0.25, -0.2) is 4.98 Å². The third-order valence-corrected chi connectivity index (χ3v) is 11.2. The van der Waals surface area contributed by atoms with Crippen LogP contribution in [0.2, 0.25) is 0 Å². The number of hydrogen-bond donors (Lipinski definition) is 1. The molecule has 284 valence electrons. The molecule has 6 heteroatoms. The molecule has 0 unspecified atom stereocenters. The highest BCUT2D eigenvalue weighted by Gasteiger charge is 2.37. The maximum atomic E-state index is 13.1. The summed E-state index contributed by atoms with van der Waals surface area (Å²) in [6.07, 6.45) is 3.59. The zero-order chi connectivity index (χ0) is 39.9. The Bertz CT molecular complexity index is 3040. The van der Waals surface area contributed by atoms with E-state index in [9.17, 15) is 4.79 Å². The Morgan fingerprint density at radius 1 is 0.508 bits per heavy atom. The largest absolute Gasteiger partial charge is 0.455 e. The van der Waals surface area contributed by atoms with Gasteiger partial charge in [0.1, 0.15) is 0 Å². The molecule has 0 amide bonds. The summed E-state index contributed by atoms with van der Waals surface area (Å²) in [6, 6.07) is 60.6. The lowest BCUT2D eigenvalue weighted by atomic mass is 9.92. The Morgan fingerprint density at radius 2 is 0.949 bits per heavy atom. The van der Waals surface area contributed by atoms with E-state index in [0.717, 1.165) is 89.3 Å². The van der Waals surface area contributed by atoms with Gasteiger partial charge < -0.3 is 14.3 Å². The highest BCUT2D eigenvalue weighted by atomic mass is 16.5. The molecule has 1 N–H and O–H groups in total. The average molecular weight is 765 g/mol. The first-order valence-electron chi connectivity index (χ1n) is 20.0. The van der Waals surface area contributed by atoms with Gasteiger partial charge in [0.15, 0.2) is 6.10 Å². The quantitative estimate of drug-likeness (QED) is 0.171. The number of rotatable bonds is 6. The van der Waals surface area contributed by atoms with Crippen molar-refractivity contribution in [1.29, 1.82) is 0 Å². The standard InChI is InChI=1S/C53H40N4O2/c1-34-51-49(38-22-12-5-13-23-38)44-31-29-42(55-44)47(36-18-8-3-9-19-36)41-28-30-43(54-41)48(37-20-10-4-11-21-37)45-32-33-46(57(45)40-26-16-7-17-27-40)50(39-24-14-6-15-25-39)52(56-51)53(34)59-35(2)58/h3-34,53,55H,1-2H3/t34-,53+/m0/s1. The second-order valence-electron chi connectivity index (χ2n) is 14.9. The van der Waals surface area contributed by atoms with Gasteiger partial charge in [-0.2, -0.15) is 0 Å². The van der Waals surface area contributed by atoms with E-state index >= 15 is 0 Å². The molecule has 2 atom stereocenters. The third kappa shape index (κ3) is 6.45. The number of aromatic nitrogens is 4. The molecule has 6 nitrogen and oxygen atoms in total. The number of H-pyrrole nitrogens is 1. The molecule has 5 heterocycles. The van der Waals surface area contributed by atoms with E-state index in [1.54, 1.807) is 0 Å². The Morgan fingerprint density at radius 3 is 1.49 bits per heavy atom. The second-order valence-corrected chi connectivity index (χ2v) is 14.9. The van der Waals surface area contributed by atoms with Crippen LogP contribution >= 0.6 is 0 Å². The molecular formula is C53H40N4O2. The van der Waals surface area contributed by atoms with E-state index in [-0.39, 0.29) is 11.9 Å². The van der Waals surface area contributed by atoms with Gasteiger partial charge in [0.05, 0.1) is 33.8 Å². The summed E-state index contributed by atoms with van der Waals surface area (Å²) in [5.74, 6) is -0.663. The van der Waals surface area contributed by atoms with Gasteiger partial charge in [0, 0.05) is 51.8 Å². The molecule has 0 spiro atoms. The van der Waals surface area contributed by atoms with Crippen molar-refractivity contribution in [3.8, 4) is 50.2 Å². The van der Waals surface area contributed by atoms with Crippen molar-refractivity contribution in [2.24, 2.45) is 0 Å². The van der Waals surface area contributed by atoms with Gasteiger partial charge in [-0.05, 0) is 70.8 Å². The Balaban J connectivity index is 1.49. The SMILES string of the molecule is CC(=O)O[C@H]1c2nc(c(-c3ccccc3)c3ccc([nH]3)c(-c3ccccc3)c3nc(c(-c4ccccc4)c4ccc(c2-c2ccccc2)n4-c2ccccc2)C=C3)[C@@H]1C. The Hall–Kier alpha value is -7.57. The fourth-order valence-electron chi connectivity index (χ4n) is 8.66. The van der Waals surface area contributed by atoms with Gasteiger partial charge in [0.25, 0.3) is 0 Å². The van der Waals surface area contributed by atoms with E-state index < -0.39 is 6.10 Å². The van der Waals surface area contributed by atoms with E-state index in [0.29, 0.717) is 5.69 Å². The molecule has 0 saturated carbocycles. The van der Waals surface area contributed by atoms with Crippen LogP contribution < -0.4 is 0 Å². The van der Waals surface area contributed by atoms with Crippen LogP contribution in [0.25, 0.3) is 84.4 Å². The summed E-state index contributed by atoms with van der Waals surface area (Å²) in [5.41, 5.74) is 15.7. The average Bonchev–Trinajstić information content (AvgIpc) is 4.10. The highest BCUT2D eigenvalue weighted by Crippen LogP contribution is 2.47. The maximum Gasteiger partial charge on any atom is 0.303 e. The summed E-state index contributed by atoms with van der Waals surface area (Å²) in [4.78, 5) is 28.1. The summed E-state index contributed by atoms with van der Waals surface area (Å²) < 4.78 is 8.68. The molecule has 0 radical (unpaired) electrons. The summed E-state index contributed by atoms with van der Waals surface area (Å²) in [5, 5.41) is 0. The van der Waals surface area contributed by atoms with Crippen LogP contribution in [-0.2, 0) is 9.53 Å². The molecule has 0 fully saturated rings. The monoisotopic (exact) mass is 764 g/mol. The fourth-order valence-corrected chi connectivity index (χ4v) is 8.66. The Labute approximate surface area is 342 Å². The first kappa shape index (κ1) is 35.8. The molecule has 8 bridgehead atoms. The van der Waals surface area contributed by atoms with E-state index in [1.165, 1.54) is 6.92 Å². The minimum Gasteiger partial charge on any atom is -0.455 e. The summed E-state index contributed by atoms with van der Waals surface area (Å²) in [6.45, 7) is 3.59. The smallest absolute Gasteiger partial charge is 0.303 e. The van der Waals surface area contributed by atoms with Gasteiger partial charge in [-0.1, -0.05) is 146 Å². The van der Waals surface area contributed by atoms with Gasteiger partial charge in [-0.15, -0.1) is 0 Å². The van der Waals surface area contributed by atoms with Crippen molar-refractivity contribution in [3.05, 3.63) is 199 Å². The van der Waals surface area contributed by atoms with Crippen LogP contribution in [-0.4, -0.2) is 25.5 Å². The predicted molar refractivity (Wildman–Crippen MR) is 240 cm³/mol. The number of aromatic amines is 1. The second kappa shape index (κ2) is 15.1. The number of para-hydroxylation sites is 1. The lowest BCUT2D eigenvalue weighted by Gasteiger charge is -2.20. The van der Waals surface area contributed by atoms with Crippen molar-refractivity contribution in [2.75, 3.05) is 0 Å². The van der Waals surface area contributed by atoms with Crippen molar-refractivity contribution < 1.29 is 9.53 Å². The van der Waals surface area contributed by atoms with Crippen LogP contribution in [0.4, 0.5) is 0 Å². The minimum atomic E-state index is -0.674. The molecule has 0 saturated heterocycles. The number of nitrogens with one attached hydrogen (secondary N) is 1. The zero-order valence-corrected chi connectivity index (χ0v) is 32.7. The van der Waals surface area contributed by atoms with Gasteiger partial charge in [0.2, 0.25) is 0 Å². The van der Waals surface area contributed by atoms with E-state index in [4.69, 9.17) is 14.7 Å². The van der Waals surface area contributed by atoms with Crippen LogP contribution in [0, 0.1) is 0 Å². The first-order valence-corrected chi connectivity index (χ1v) is 20.0. The molecule has 2 aliphatic heterocycles. The van der Waals surface area contributed by atoms with E-state index in [2.05, 4.69) is 150 Å². The number of hydrogen-bond acceptors (Lipinski definition) is 4.